The van der Waals surface area contributed by atoms with Crippen molar-refractivity contribution in [1.82, 2.24) is 14.9 Å². The van der Waals surface area contributed by atoms with E-state index >= 15 is 0 Å². The summed E-state index contributed by atoms with van der Waals surface area (Å²) in [5.41, 5.74) is 0.383. The number of esters is 1. The van der Waals surface area contributed by atoms with Crippen molar-refractivity contribution in [3.63, 3.8) is 0 Å². The summed E-state index contributed by atoms with van der Waals surface area (Å²) in [6, 6.07) is 7.43. The van der Waals surface area contributed by atoms with Crippen LogP contribution in [0.4, 0.5) is 0 Å². The maximum atomic E-state index is 12.2. The van der Waals surface area contributed by atoms with Gasteiger partial charge in [0.05, 0.1) is 5.02 Å². The molecule has 3 rings (SSSR count). The Morgan fingerprint density at radius 3 is 2.75 bits per heavy atom. The van der Waals surface area contributed by atoms with Crippen LogP contribution in [0.3, 0.4) is 0 Å². The number of hydrogen-bond donors (Lipinski definition) is 1. The van der Waals surface area contributed by atoms with Gasteiger partial charge in [-0.1, -0.05) is 45.9 Å². The zero-order chi connectivity index (χ0) is 17.1. The minimum Gasteiger partial charge on any atom is -0.458 e. The maximum Gasteiger partial charge on any atom is 0.325 e. The summed E-state index contributed by atoms with van der Waals surface area (Å²) in [5, 5.41) is 7.40. The van der Waals surface area contributed by atoms with E-state index in [0.717, 1.165) is 21.6 Å². The number of fused-ring (bicyclic) bond motifs is 1. The Bertz CT molecular complexity index is 910. The van der Waals surface area contributed by atoms with Crippen molar-refractivity contribution >= 4 is 68.0 Å². The van der Waals surface area contributed by atoms with Gasteiger partial charge in [-0.05, 0) is 6.07 Å². The molecule has 2 aromatic heterocycles. The summed E-state index contributed by atoms with van der Waals surface area (Å²) in [7, 11) is 0. The van der Waals surface area contributed by atoms with Crippen molar-refractivity contribution in [2.24, 2.45) is 0 Å². The quantitative estimate of drug-likeness (QED) is 0.661. The monoisotopic (exact) mass is 401 g/mol. The zero-order valence-corrected chi connectivity index (χ0v) is 15.1. The van der Waals surface area contributed by atoms with Gasteiger partial charge in [0, 0.05) is 21.6 Å². The third-order valence-electron chi connectivity index (χ3n) is 3.01. The molecule has 10 heteroatoms. The Hall–Kier alpha value is -1.74. The van der Waals surface area contributed by atoms with Crippen molar-refractivity contribution in [2.45, 2.75) is 6.61 Å². The van der Waals surface area contributed by atoms with E-state index in [0.29, 0.717) is 19.9 Å². The summed E-state index contributed by atoms with van der Waals surface area (Å²) >= 11 is 14.3. The lowest BCUT2D eigenvalue weighted by Gasteiger charge is -2.04. The van der Waals surface area contributed by atoms with Crippen LogP contribution in [-0.2, 0) is 16.1 Å². The molecule has 0 unspecified atom stereocenters. The lowest BCUT2D eigenvalue weighted by atomic mass is 10.2. The average molecular weight is 402 g/mol. The highest BCUT2D eigenvalue weighted by Gasteiger charge is 2.18. The Kier molecular flexibility index (Phi) is 5.30. The van der Waals surface area contributed by atoms with Gasteiger partial charge in [0.1, 0.15) is 28.1 Å². The van der Waals surface area contributed by atoms with Crippen molar-refractivity contribution in [3.05, 3.63) is 44.2 Å². The molecule has 0 aliphatic heterocycles. The van der Waals surface area contributed by atoms with E-state index in [1.54, 1.807) is 0 Å². The van der Waals surface area contributed by atoms with Crippen LogP contribution in [0.2, 0.25) is 9.36 Å². The highest BCUT2D eigenvalue weighted by Crippen LogP contribution is 2.34. The van der Waals surface area contributed by atoms with Crippen molar-refractivity contribution in [2.75, 3.05) is 6.54 Å². The molecule has 0 aliphatic carbocycles. The molecule has 0 saturated carbocycles. The summed E-state index contributed by atoms with van der Waals surface area (Å²) in [6.45, 7) is -0.369. The first-order chi connectivity index (χ1) is 11.6. The second-order valence-electron chi connectivity index (χ2n) is 4.58. The first-order valence-electron chi connectivity index (χ1n) is 6.64. The van der Waals surface area contributed by atoms with Gasteiger partial charge in [-0.15, -0.1) is 16.4 Å². The third-order valence-corrected chi connectivity index (χ3v) is 5.67. The average Bonchev–Trinajstić information content (AvgIpc) is 3.14. The standard InChI is InChI=1S/C14H9Cl2N3O3S2/c15-11-7-3-1-2-4-9(7)23-12(11)14(21)17-5-10(20)22-6-8-13(16)24-19-18-8/h1-4H,5-6H2,(H,17,21). The highest BCUT2D eigenvalue weighted by molar-refractivity contribution is 7.21. The number of benzene rings is 1. The molecule has 124 valence electrons. The molecule has 1 N–H and O–H groups in total. The van der Waals surface area contributed by atoms with Gasteiger partial charge in [0.25, 0.3) is 5.91 Å². The normalized spacial score (nSPS) is 10.8. The van der Waals surface area contributed by atoms with Crippen LogP contribution in [0.5, 0.6) is 0 Å². The van der Waals surface area contributed by atoms with E-state index in [2.05, 4.69) is 14.9 Å². The number of nitrogens with zero attached hydrogens (tertiary/aromatic N) is 2. The largest absolute Gasteiger partial charge is 0.458 e. The first kappa shape index (κ1) is 17.1. The fourth-order valence-electron chi connectivity index (χ4n) is 1.88. The number of amides is 1. The predicted molar refractivity (Wildman–Crippen MR) is 93.9 cm³/mol. The second kappa shape index (κ2) is 7.43. The number of hydrogen-bond acceptors (Lipinski definition) is 7. The van der Waals surface area contributed by atoms with Gasteiger partial charge in [-0.3, -0.25) is 9.59 Å². The van der Waals surface area contributed by atoms with Crippen LogP contribution in [0.25, 0.3) is 10.1 Å². The molecule has 0 atom stereocenters. The van der Waals surface area contributed by atoms with Crippen molar-refractivity contribution in [3.8, 4) is 0 Å². The van der Waals surface area contributed by atoms with E-state index < -0.39 is 11.9 Å². The summed E-state index contributed by atoms with van der Waals surface area (Å²) in [6.07, 6.45) is 0. The molecule has 2 heterocycles. The molecule has 3 aromatic rings. The van der Waals surface area contributed by atoms with Crippen molar-refractivity contribution in [1.29, 1.82) is 0 Å². The molecule has 0 saturated heterocycles. The van der Waals surface area contributed by atoms with Crippen LogP contribution >= 0.6 is 46.1 Å². The summed E-state index contributed by atoms with van der Waals surface area (Å²) < 4.78 is 9.88. The minimum atomic E-state index is -0.607. The Balaban J connectivity index is 1.57. The van der Waals surface area contributed by atoms with E-state index in [-0.39, 0.29) is 13.2 Å². The number of rotatable bonds is 5. The van der Waals surface area contributed by atoms with Crippen LogP contribution < -0.4 is 5.32 Å². The molecule has 0 spiro atoms. The van der Waals surface area contributed by atoms with Gasteiger partial charge in [0.2, 0.25) is 0 Å². The van der Waals surface area contributed by atoms with Gasteiger partial charge in [-0.25, -0.2) is 0 Å². The van der Waals surface area contributed by atoms with Crippen molar-refractivity contribution < 1.29 is 14.3 Å². The molecule has 1 amide bonds. The lowest BCUT2D eigenvalue weighted by Crippen LogP contribution is -2.30. The molecular formula is C14H9Cl2N3O3S2. The molecular weight excluding hydrogens is 393 g/mol. The molecule has 6 nitrogen and oxygen atoms in total. The van der Waals surface area contributed by atoms with Gasteiger partial charge < -0.3 is 10.1 Å². The first-order valence-corrected chi connectivity index (χ1v) is 8.98. The third kappa shape index (κ3) is 3.67. The highest BCUT2D eigenvalue weighted by atomic mass is 35.5. The molecule has 0 fully saturated rings. The van der Waals surface area contributed by atoms with Gasteiger partial charge in [0.15, 0.2) is 0 Å². The second-order valence-corrected chi connectivity index (χ2v) is 7.36. The molecule has 0 bridgehead atoms. The molecule has 24 heavy (non-hydrogen) atoms. The fraction of sp³-hybridized carbons (Fsp3) is 0.143. The van der Waals surface area contributed by atoms with E-state index in [4.69, 9.17) is 27.9 Å². The fourth-order valence-corrected chi connectivity index (χ4v) is 3.91. The number of nitrogens with one attached hydrogen (secondary N) is 1. The SMILES string of the molecule is O=C(CNC(=O)c1sc2ccccc2c1Cl)OCc1nnsc1Cl. The number of carbonyl (C=O) groups is 2. The van der Waals surface area contributed by atoms with Gasteiger partial charge in [-0.2, -0.15) is 0 Å². The Morgan fingerprint density at radius 2 is 2.04 bits per heavy atom. The van der Waals surface area contributed by atoms with E-state index in [9.17, 15) is 9.59 Å². The molecule has 1 aromatic carbocycles. The Morgan fingerprint density at radius 1 is 1.25 bits per heavy atom. The Labute approximate surface area is 154 Å². The van der Waals surface area contributed by atoms with E-state index in [1.807, 2.05) is 24.3 Å². The predicted octanol–water partition coefficient (Wildman–Crippen LogP) is 3.53. The van der Waals surface area contributed by atoms with E-state index in [1.165, 1.54) is 11.3 Å². The van der Waals surface area contributed by atoms with Gasteiger partial charge >= 0.3 is 5.97 Å². The molecule has 0 radical (unpaired) electrons. The number of thiophene rings is 1. The molecule has 0 aliphatic rings. The number of halogens is 2. The summed E-state index contributed by atoms with van der Waals surface area (Å²) in [5.74, 6) is -1.03. The zero-order valence-electron chi connectivity index (χ0n) is 11.9. The number of ether oxygens (including phenoxy) is 1. The number of aromatic nitrogens is 2. The van der Waals surface area contributed by atoms with Crippen LogP contribution in [0.1, 0.15) is 15.4 Å². The van der Waals surface area contributed by atoms with Crippen LogP contribution in [-0.4, -0.2) is 28.0 Å². The number of carbonyl (C=O) groups excluding carboxylic acids is 2. The topological polar surface area (TPSA) is 81.2 Å². The smallest absolute Gasteiger partial charge is 0.325 e. The maximum absolute atomic E-state index is 12.2. The van der Waals surface area contributed by atoms with Crippen LogP contribution in [0, 0.1) is 0 Å². The lowest BCUT2D eigenvalue weighted by molar-refractivity contribution is -0.143. The van der Waals surface area contributed by atoms with Crippen LogP contribution in [0.15, 0.2) is 24.3 Å². The summed E-state index contributed by atoms with van der Waals surface area (Å²) in [4.78, 5) is 24.2. The minimum absolute atomic E-state index is 0.0896.